The predicted molar refractivity (Wildman–Crippen MR) is 110 cm³/mol. The van der Waals surface area contributed by atoms with Gasteiger partial charge in [-0.2, -0.15) is 14.4 Å². The zero-order valence-electron chi connectivity index (χ0n) is 16.9. The fourth-order valence-electron chi connectivity index (χ4n) is 3.43. The summed E-state index contributed by atoms with van der Waals surface area (Å²) in [6.07, 6.45) is 3.62. The van der Waals surface area contributed by atoms with Crippen molar-refractivity contribution in [1.82, 2.24) is 19.5 Å². The highest BCUT2D eigenvalue weighted by atomic mass is 19.1. The lowest BCUT2D eigenvalue weighted by atomic mass is 10.1. The Labute approximate surface area is 176 Å². The average Bonchev–Trinajstić information content (AvgIpc) is 3.48. The lowest BCUT2D eigenvalue weighted by molar-refractivity contribution is 0.563. The fourth-order valence-corrected chi connectivity index (χ4v) is 3.43. The van der Waals surface area contributed by atoms with Crippen molar-refractivity contribution in [2.45, 2.75) is 32.6 Å². The molecule has 1 aromatic carbocycles. The van der Waals surface area contributed by atoms with E-state index in [1.54, 1.807) is 44.3 Å². The van der Waals surface area contributed by atoms with Gasteiger partial charge in [-0.05, 0) is 62.1 Å². The lowest BCUT2D eigenvalue weighted by Gasteiger charge is -2.06. The summed E-state index contributed by atoms with van der Waals surface area (Å²) in [6.45, 7) is 3.37. The van der Waals surface area contributed by atoms with Crippen LogP contribution in [0.4, 0.5) is 8.78 Å². The number of halogens is 2. The van der Waals surface area contributed by atoms with E-state index in [0.29, 0.717) is 22.6 Å². The third kappa shape index (κ3) is 3.65. The van der Waals surface area contributed by atoms with Gasteiger partial charge in [0.05, 0.1) is 5.69 Å². The average molecular weight is 420 g/mol. The number of aromatic nitrogens is 4. The van der Waals surface area contributed by atoms with Crippen molar-refractivity contribution in [2.24, 2.45) is 0 Å². The highest BCUT2D eigenvalue weighted by Gasteiger charge is 2.27. The number of aryl methyl sites for hydroxylation is 2. The first-order valence-corrected chi connectivity index (χ1v) is 9.91. The third-order valence-electron chi connectivity index (χ3n) is 5.25. The van der Waals surface area contributed by atoms with Crippen molar-refractivity contribution in [2.75, 3.05) is 0 Å². The van der Waals surface area contributed by atoms with Gasteiger partial charge in [0.1, 0.15) is 11.5 Å². The highest BCUT2D eigenvalue weighted by molar-refractivity contribution is 5.68. The molecular weight excluding hydrogens is 402 g/mol. The van der Waals surface area contributed by atoms with E-state index in [4.69, 9.17) is 4.42 Å². The molecule has 31 heavy (non-hydrogen) atoms. The van der Waals surface area contributed by atoms with Gasteiger partial charge in [-0.3, -0.25) is 0 Å². The summed E-state index contributed by atoms with van der Waals surface area (Å²) >= 11 is 0. The fraction of sp³-hybridized carbons (Fsp3) is 0.217. The largest absolute Gasteiger partial charge is 0.432 e. The molecule has 0 saturated heterocycles. The normalized spacial score (nSPS) is 13.5. The van der Waals surface area contributed by atoms with Crippen LogP contribution in [-0.4, -0.2) is 19.5 Å². The summed E-state index contributed by atoms with van der Waals surface area (Å²) in [5, 5.41) is 0. The van der Waals surface area contributed by atoms with Crippen LogP contribution in [-0.2, 0) is 0 Å². The molecule has 1 aliphatic rings. The summed E-state index contributed by atoms with van der Waals surface area (Å²) < 4.78 is 35.3. The molecule has 0 spiro atoms. The Bertz CT molecular complexity index is 1350. The molecule has 8 heteroatoms. The van der Waals surface area contributed by atoms with Gasteiger partial charge < -0.3 is 4.42 Å². The van der Waals surface area contributed by atoms with Crippen molar-refractivity contribution in [3.8, 4) is 28.7 Å². The third-order valence-corrected chi connectivity index (χ3v) is 5.25. The van der Waals surface area contributed by atoms with Gasteiger partial charge in [-0.25, -0.2) is 18.7 Å². The quantitative estimate of drug-likeness (QED) is 0.447. The van der Waals surface area contributed by atoms with Crippen molar-refractivity contribution in [3.05, 3.63) is 81.7 Å². The summed E-state index contributed by atoms with van der Waals surface area (Å²) in [4.78, 5) is 25.2. The number of rotatable bonds is 4. The zero-order chi connectivity index (χ0) is 21.7. The molecule has 5 rings (SSSR count). The predicted octanol–water partition coefficient (Wildman–Crippen LogP) is 4.72. The zero-order valence-corrected chi connectivity index (χ0v) is 16.9. The lowest BCUT2D eigenvalue weighted by Crippen LogP contribution is -2.22. The highest BCUT2D eigenvalue weighted by Crippen LogP contribution is 2.38. The standard InChI is InChI=1S/C23H18F2N4O2/c1-12-9-18(26-19(25)10-12)22-28-21(20(31-22)15-4-3-13(2)16(24)11-15)29-8-7-17(14-5-6-14)27-23(29)30/h3-4,7-11,14H,5-6H2,1-2H3. The van der Waals surface area contributed by atoms with E-state index in [2.05, 4.69) is 15.0 Å². The maximum absolute atomic E-state index is 14.3. The Balaban J connectivity index is 1.71. The molecule has 0 bridgehead atoms. The Hall–Kier alpha value is -3.68. The van der Waals surface area contributed by atoms with Crippen molar-refractivity contribution in [1.29, 1.82) is 0 Å². The maximum atomic E-state index is 14.3. The van der Waals surface area contributed by atoms with Crippen LogP contribution < -0.4 is 5.69 Å². The van der Waals surface area contributed by atoms with Crippen molar-refractivity contribution < 1.29 is 13.2 Å². The number of hydrogen-bond donors (Lipinski definition) is 0. The second kappa shape index (κ2) is 7.23. The molecular formula is C23H18F2N4O2. The SMILES string of the molecule is Cc1cc(F)nc(-c2nc(-n3ccc(C4CC4)nc3=O)c(-c3ccc(C)c(F)c3)o2)c1. The molecule has 1 saturated carbocycles. The summed E-state index contributed by atoms with van der Waals surface area (Å²) in [5.74, 6) is -0.449. The molecule has 0 atom stereocenters. The molecule has 0 N–H and O–H groups in total. The number of hydrogen-bond acceptors (Lipinski definition) is 5. The molecule has 3 aromatic heterocycles. The molecule has 0 unspecified atom stereocenters. The second-order valence-corrected chi connectivity index (χ2v) is 7.77. The van der Waals surface area contributed by atoms with Gasteiger partial charge >= 0.3 is 5.69 Å². The summed E-state index contributed by atoms with van der Waals surface area (Å²) in [7, 11) is 0. The summed E-state index contributed by atoms with van der Waals surface area (Å²) in [5.41, 5.74) is 1.91. The molecule has 0 aliphatic heterocycles. The van der Waals surface area contributed by atoms with E-state index in [1.165, 1.54) is 16.7 Å². The Morgan fingerprint density at radius 2 is 1.84 bits per heavy atom. The van der Waals surface area contributed by atoms with Crippen molar-refractivity contribution >= 4 is 0 Å². The molecule has 3 heterocycles. The van der Waals surface area contributed by atoms with Gasteiger partial charge in [-0.1, -0.05) is 12.1 Å². The van der Waals surface area contributed by atoms with E-state index < -0.39 is 17.5 Å². The van der Waals surface area contributed by atoms with Gasteiger partial charge in [0.25, 0.3) is 0 Å². The first-order chi connectivity index (χ1) is 14.9. The van der Waals surface area contributed by atoms with Gasteiger partial charge in [0, 0.05) is 17.7 Å². The minimum Gasteiger partial charge on any atom is -0.432 e. The first-order valence-electron chi connectivity index (χ1n) is 9.91. The molecule has 1 aliphatic carbocycles. The minimum atomic E-state index is -0.676. The van der Waals surface area contributed by atoms with Crippen LogP contribution in [0.15, 0.2) is 51.8 Å². The van der Waals surface area contributed by atoms with E-state index in [9.17, 15) is 13.6 Å². The Morgan fingerprint density at radius 1 is 1.03 bits per heavy atom. The van der Waals surface area contributed by atoms with Crippen molar-refractivity contribution in [3.63, 3.8) is 0 Å². The number of nitrogens with zero attached hydrogens (tertiary/aromatic N) is 4. The molecule has 4 aromatic rings. The number of pyridine rings is 1. The van der Waals surface area contributed by atoms with Crippen LogP contribution in [0.25, 0.3) is 28.7 Å². The van der Waals surface area contributed by atoms with Crippen LogP contribution in [0.1, 0.15) is 35.6 Å². The van der Waals surface area contributed by atoms with Crippen LogP contribution in [0.3, 0.4) is 0 Å². The van der Waals surface area contributed by atoms with Gasteiger partial charge in [0.2, 0.25) is 11.8 Å². The van der Waals surface area contributed by atoms with Crippen LogP contribution in [0, 0.1) is 25.6 Å². The Kier molecular flexibility index (Phi) is 4.50. The van der Waals surface area contributed by atoms with E-state index in [0.717, 1.165) is 18.5 Å². The van der Waals surface area contributed by atoms with E-state index >= 15 is 0 Å². The Morgan fingerprint density at radius 3 is 2.52 bits per heavy atom. The molecule has 6 nitrogen and oxygen atoms in total. The number of oxazole rings is 1. The van der Waals surface area contributed by atoms with Gasteiger partial charge in [0.15, 0.2) is 11.6 Å². The van der Waals surface area contributed by atoms with E-state index in [1.807, 2.05) is 0 Å². The maximum Gasteiger partial charge on any atom is 0.353 e. The van der Waals surface area contributed by atoms with Crippen LogP contribution in [0.5, 0.6) is 0 Å². The number of benzene rings is 1. The van der Waals surface area contributed by atoms with Crippen LogP contribution >= 0.6 is 0 Å². The molecule has 0 radical (unpaired) electrons. The van der Waals surface area contributed by atoms with Crippen LogP contribution in [0.2, 0.25) is 0 Å². The monoisotopic (exact) mass is 420 g/mol. The van der Waals surface area contributed by atoms with E-state index in [-0.39, 0.29) is 23.2 Å². The topological polar surface area (TPSA) is 73.8 Å². The van der Waals surface area contributed by atoms with Gasteiger partial charge in [-0.15, -0.1) is 0 Å². The first kappa shape index (κ1) is 19.3. The minimum absolute atomic E-state index is 0.0201. The smallest absolute Gasteiger partial charge is 0.353 e. The molecule has 156 valence electrons. The second-order valence-electron chi connectivity index (χ2n) is 7.77. The molecule has 0 amide bonds. The summed E-state index contributed by atoms with van der Waals surface area (Å²) in [6, 6.07) is 9.28. The molecule has 1 fully saturated rings.